The van der Waals surface area contributed by atoms with E-state index in [0.29, 0.717) is 0 Å². The summed E-state index contributed by atoms with van der Waals surface area (Å²) in [5.41, 5.74) is 6.83. The Kier molecular flexibility index (Phi) is 4.65. The normalized spacial score (nSPS) is 13.5. The highest BCUT2D eigenvalue weighted by Gasteiger charge is 2.28. The lowest BCUT2D eigenvalue weighted by atomic mass is 9.84. The molecule has 0 aromatic carbocycles. The van der Waals surface area contributed by atoms with Gasteiger partial charge in [-0.05, 0) is 12.1 Å². The van der Waals surface area contributed by atoms with Crippen molar-refractivity contribution in [3.05, 3.63) is 24.0 Å². The molecule has 0 radical (unpaired) electrons. The summed E-state index contributed by atoms with van der Waals surface area (Å²) in [5, 5.41) is 9.16. The number of halogens is 1. The molecule has 1 heterocycles. The molecule has 0 aliphatic rings. The van der Waals surface area contributed by atoms with E-state index in [1.807, 2.05) is 43.8 Å². The van der Waals surface area contributed by atoms with E-state index in [2.05, 4.69) is 0 Å². The highest BCUT2D eigenvalue weighted by molar-refractivity contribution is 5.85. The standard InChI is InChI=1S/C10H18N2O.ClH/c1-10(2,7-13)9(11)8-5-4-6-12(8)3;/h4-6,9,13H,7,11H2,1-3H3;1H/t9-;/m1./s1. The van der Waals surface area contributed by atoms with E-state index in [-0.39, 0.29) is 30.5 Å². The highest BCUT2D eigenvalue weighted by atomic mass is 35.5. The number of aryl methyl sites for hydroxylation is 1. The Bertz CT molecular complexity index is 283. The maximum Gasteiger partial charge on any atom is 0.0523 e. The van der Waals surface area contributed by atoms with Crippen molar-refractivity contribution in [2.45, 2.75) is 19.9 Å². The number of hydrogen-bond donors (Lipinski definition) is 2. The predicted molar refractivity (Wildman–Crippen MR) is 60.5 cm³/mol. The largest absolute Gasteiger partial charge is 0.396 e. The van der Waals surface area contributed by atoms with Gasteiger partial charge in [0.2, 0.25) is 0 Å². The first-order valence-corrected chi connectivity index (χ1v) is 4.46. The quantitative estimate of drug-likeness (QED) is 0.807. The lowest BCUT2D eigenvalue weighted by molar-refractivity contribution is 0.129. The van der Waals surface area contributed by atoms with Crippen LogP contribution in [0.1, 0.15) is 25.6 Å². The molecule has 0 aliphatic heterocycles. The van der Waals surface area contributed by atoms with Crippen LogP contribution in [0.4, 0.5) is 0 Å². The minimum atomic E-state index is -0.272. The van der Waals surface area contributed by atoms with Gasteiger partial charge in [0.15, 0.2) is 0 Å². The Hall–Kier alpha value is -0.510. The molecule has 0 saturated heterocycles. The summed E-state index contributed by atoms with van der Waals surface area (Å²) in [6.45, 7) is 4.02. The Labute approximate surface area is 91.3 Å². The molecule has 0 aliphatic carbocycles. The topological polar surface area (TPSA) is 51.2 Å². The molecular formula is C10H19ClN2O. The summed E-state index contributed by atoms with van der Waals surface area (Å²) >= 11 is 0. The molecule has 1 atom stereocenters. The fourth-order valence-electron chi connectivity index (χ4n) is 1.30. The van der Waals surface area contributed by atoms with Crippen LogP contribution in [-0.4, -0.2) is 16.3 Å². The van der Waals surface area contributed by atoms with Crippen molar-refractivity contribution in [3.63, 3.8) is 0 Å². The fourth-order valence-corrected chi connectivity index (χ4v) is 1.30. The Morgan fingerprint density at radius 1 is 1.57 bits per heavy atom. The van der Waals surface area contributed by atoms with E-state index >= 15 is 0 Å². The number of aromatic nitrogens is 1. The van der Waals surface area contributed by atoms with Crippen LogP contribution >= 0.6 is 12.4 Å². The van der Waals surface area contributed by atoms with Gasteiger partial charge in [-0.3, -0.25) is 0 Å². The van der Waals surface area contributed by atoms with Crippen LogP contribution in [0.15, 0.2) is 18.3 Å². The first-order valence-electron chi connectivity index (χ1n) is 4.46. The summed E-state index contributed by atoms with van der Waals surface area (Å²) < 4.78 is 1.99. The van der Waals surface area contributed by atoms with Crippen LogP contribution < -0.4 is 5.73 Å². The van der Waals surface area contributed by atoms with Crippen LogP contribution in [0.25, 0.3) is 0 Å². The Morgan fingerprint density at radius 2 is 2.14 bits per heavy atom. The third kappa shape index (κ3) is 2.50. The smallest absolute Gasteiger partial charge is 0.0523 e. The van der Waals surface area contributed by atoms with E-state index in [1.165, 1.54) is 0 Å². The van der Waals surface area contributed by atoms with E-state index < -0.39 is 0 Å². The first kappa shape index (κ1) is 13.5. The van der Waals surface area contributed by atoms with Crippen LogP contribution in [0.5, 0.6) is 0 Å². The molecule has 3 N–H and O–H groups in total. The van der Waals surface area contributed by atoms with Gasteiger partial charge in [0.05, 0.1) is 12.6 Å². The SMILES string of the molecule is Cl.Cn1cccc1[C@@H](N)C(C)(C)CO. The molecule has 82 valence electrons. The van der Waals surface area contributed by atoms with Gasteiger partial charge in [-0.2, -0.15) is 0 Å². The van der Waals surface area contributed by atoms with Gasteiger partial charge < -0.3 is 15.4 Å². The van der Waals surface area contributed by atoms with Crippen molar-refractivity contribution in [2.24, 2.45) is 18.2 Å². The Morgan fingerprint density at radius 3 is 2.50 bits per heavy atom. The summed E-state index contributed by atoms with van der Waals surface area (Å²) in [6.07, 6.45) is 1.96. The summed E-state index contributed by atoms with van der Waals surface area (Å²) in [5.74, 6) is 0. The van der Waals surface area contributed by atoms with E-state index in [1.54, 1.807) is 0 Å². The predicted octanol–water partition coefficient (Wildman–Crippen LogP) is 1.47. The third-order valence-corrected chi connectivity index (χ3v) is 2.55. The van der Waals surface area contributed by atoms with Gasteiger partial charge >= 0.3 is 0 Å². The summed E-state index contributed by atoms with van der Waals surface area (Å²) in [6, 6.07) is 3.82. The van der Waals surface area contributed by atoms with Crippen LogP contribution in [0.3, 0.4) is 0 Å². The van der Waals surface area contributed by atoms with E-state index in [9.17, 15) is 0 Å². The van der Waals surface area contributed by atoms with Crippen molar-refractivity contribution < 1.29 is 5.11 Å². The zero-order chi connectivity index (χ0) is 10.1. The molecule has 4 heteroatoms. The monoisotopic (exact) mass is 218 g/mol. The maximum absolute atomic E-state index is 9.16. The molecule has 0 amide bonds. The molecule has 1 aromatic heterocycles. The number of aliphatic hydroxyl groups is 1. The summed E-state index contributed by atoms with van der Waals surface area (Å²) in [7, 11) is 1.96. The van der Waals surface area contributed by atoms with Crippen molar-refractivity contribution in [1.82, 2.24) is 4.57 Å². The Balaban J connectivity index is 0.00000169. The third-order valence-electron chi connectivity index (χ3n) is 2.55. The van der Waals surface area contributed by atoms with Gasteiger partial charge in [-0.15, -0.1) is 12.4 Å². The second-order valence-corrected chi connectivity index (χ2v) is 4.17. The minimum Gasteiger partial charge on any atom is -0.396 e. The van der Waals surface area contributed by atoms with Crippen molar-refractivity contribution >= 4 is 12.4 Å². The zero-order valence-corrected chi connectivity index (χ0v) is 9.71. The number of rotatable bonds is 3. The molecule has 0 fully saturated rings. The van der Waals surface area contributed by atoms with Crippen molar-refractivity contribution in [1.29, 1.82) is 0 Å². The molecule has 0 saturated carbocycles. The van der Waals surface area contributed by atoms with Crippen LogP contribution in [0.2, 0.25) is 0 Å². The summed E-state index contributed by atoms with van der Waals surface area (Å²) in [4.78, 5) is 0. The van der Waals surface area contributed by atoms with Crippen LogP contribution in [-0.2, 0) is 7.05 Å². The second kappa shape index (κ2) is 4.82. The number of aliphatic hydroxyl groups excluding tert-OH is 1. The zero-order valence-electron chi connectivity index (χ0n) is 8.90. The molecule has 0 unspecified atom stereocenters. The molecule has 0 bridgehead atoms. The van der Waals surface area contributed by atoms with Crippen molar-refractivity contribution in [3.8, 4) is 0 Å². The first-order chi connectivity index (χ1) is 5.99. The van der Waals surface area contributed by atoms with E-state index in [0.717, 1.165) is 5.69 Å². The molecule has 0 spiro atoms. The van der Waals surface area contributed by atoms with Gasteiger partial charge in [-0.25, -0.2) is 0 Å². The van der Waals surface area contributed by atoms with Gasteiger partial charge in [-0.1, -0.05) is 13.8 Å². The second-order valence-electron chi connectivity index (χ2n) is 4.17. The van der Waals surface area contributed by atoms with Gasteiger partial charge in [0.25, 0.3) is 0 Å². The lowest BCUT2D eigenvalue weighted by Crippen LogP contribution is -2.33. The fraction of sp³-hybridized carbons (Fsp3) is 0.600. The maximum atomic E-state index is 9.16. The molecule has 1 aromatic rings. The van der Waals surface area contributed by atoms with E-state index in [4.69, 9.17) is 10.8 Å². The minimum absolute atomic E-state index is 0. The highest BCUT2D eigenvalue weighted by Crippen LogP contribution is 2.30. The average molecular weight is 219 g/mol. The number of nitrogens with zero attached hydrogens (tertiary/aromatic N) is 1. The molecule has 1 rings (SSSR count). The molecular weight excluding hydrogens is 200 g/mol. The number of hydrogen-bond acceptors (Lipinski definition) is 2. The van der Waals surface area contributed by atoms with Crippen LogP contribution in [0, 0.1) is 5.41 Å². The average Bonchev–Trinajstić information content (AvgIpc) is 2.50. The molecule has 14 heavy (non-hydrogen) atoms. The van der Waals surface area contributed by atoms with Gasteiger partial charge in [0.1, 0.15) is 0 Å². The number of nitrogens with two attached hydrogens (primary N) is 1. The van der Waals surface area contributed by atoms with Gasteiger partial charge in [0, 0.05) is 24.4 Å². The molecule has 3 nitrogen and oxygen atoms in total. The lowest BCUT2D eigenvalue weighted by Gasteiger charge is -2.29. The van der Waals surface area contributed by atoms with Crippen molar-refractivity contribution in [2.75, 3.05) is 6.61 Å².